The molecular weight excluding hydrogens is 440 g/mol. The quantitative estimate of drug-likeness (QED) is 0.0911. The molecule has 0 heterocycles. The van der Waals surface area contributed by atoms with Crippen molar-refractivity contribution in [1.82, 2.24) is 0 Å². The van der Waals surface area contributed by atoms with Gasteiger partial charge in [-0.1, -0.05) is 181 Å². The van der Waals surface area contributed by atoms with Gasteiger partial charge in [-0.3, -0.25) is 0 Å². The first kappa shape index (κ1) is 35.9. The average molecular weight is 511 g/mol. The van der Waals surface area contributed by atoms with Gasteiger partial charge in [0.15, 0.2) is 0 Å². The molecule has 0 radical (unpaired) electrons. The van der Waals surface area contributed by atoms with Crippen molar-refractivity contribution in [3.63, 3.8) is 0 Å². The molecule has 0 rings (SSSR count). The Labute approximate surface area is 229 Å². The number of aliphatic hydroxyl groups excluding tert-OH is 1. The summed E-state index contributed by atoms with van der Waals surface area (Å²) in [7, 11) is 0. The van der Waals surface area contributed by atoms with Gasteiger partial charge in [0.05, 0.1) is 13.2 Å². The maximum atomic E-state index is 9.05. The first-order valence-corrected chi connectivity index (χ1v) is 17.0. The summed E-state index contributed by atoms with van der Waals surface area (Å²) < 4.78 is 5.72. The predicted molar refractivity (Wildman–Crippen MR) is 162 cm³/mol. The minimum absolute atomic E-state index is 0.157. The molecule has 218 valence electrons. The Hall–Kier alpha value is -0.0800. The zero-order valence-electron chi connectivity index (χ0n) is 25.4. The van der Waals surface area contributed by atoms with Gasteiger partial charge in [-0.25, -0.2) is 0 Å². The Balaban J connectivity index is 3.56. The third-order valence-electron chi connectivity index (χ3n) is 8.02. The van der Waals surface area contributed by atoms with Crippen LogP contribution < -0.4 is 0 Å². The van der Waals surface area contributed by atoms with Crippen molar-refractivity contribution in [2.75, 3.05) is 19.8 Å². The van der Waals surface area contributed by atoms with Crippen LogP contribution in [0.15, 0.2) is 0 Å². The Morgan fingerprint density at radius 3 is 0.972 bits per heavy atom. The van der Waals surface area contributed by atoms with Crippen LogP contribution in [0, 0.1) is 5.92 Å². The van der Waals surface area contributed by atoms with Crippen molar-refractivity contribution in [1.29, 1.82) is 0 Å². The van der Waals surface area contributed by atoms with Crippen molar-refractivity contribution in [2.45, 2.75) is 194 Å². The highest BCUT2D eigenvalue weighted by Crippen LogP contribution is 2.20. The van der Waals surface area contributed by atoms with Gasteiger partial charge in [-0.2, -0.15) is 0 Å². The number of unbranched alkanes of at least 4 members (excludes halogenated alkanes) is 24. The molecule has 0 aliphatic rings. The molecule has 0 saturated heterocycles. The summed E-state index contributed by atoms with van der Waals surface area (Å²) in [5.41, 5.74) is 0. The smallest absolute Gasteiger partial charge is 0.0697 e. The summed E-state index contributed by atoms with van der Waals surface area (Å²) in [4.78, 5) is 0. The summed E-state index contributed by atoms with van der Waals surface area (Å²) >= 11 is 0. The van der Waals surface area contributed by atoms with Crippen LogP contribution in [0.1, 0.15) is 194 Å². The van der Waals surface area contributed by atoms with Crippen LogP contribution in [-0.4, -0.2) is 24.9 Å². The molecule has 2 heteroatoms. The van der Waals surface area contributed by atoms with E-state index in [-0.39, 0.29) is 6.61 Å². The summed E-state index contributed by atoms with van der Waals surface area (Å²) in [6.07, 6.45) is 39.7. The topological polar surface area (TPSA) is 29.5 Å². The van der Waals surface area contributed by atoms with E-state index < -0.39 is 0 Å². The van der Waals surface area contributed by atoms with Crippen LogP contribution in [-0.2, 0) is 4.74 Å². The van der Waals surface area contributed by atoms with Crippen LogP contribution in [0.3, 0.4) is 0 Å². The Bertz CT molecular complexity index is 370. The lowest BCUT2D eigenvalue weighted by atomic mass is 9.94. The molecular formula is C34H70O2. The molecule has 0 saturated carbocycles. The van der Waals surface area contributed by atoms with Crippen molar-refractivity contribution >= 4 is 0 Å². The van der Waals surface area contributed by atoms with E-state index in [9.17, 15) is 0 Å². The van der Waals surface area contributed by atoms with Crippen LogP contribution in [0.2, 0.25) is 0 Å². The molecule has 1 unspecified atom stereocenters. The minimum atomic E-state index is 0.157. The van der Waals surface area contributed by atoms with Gasteiger partial charge < -0.3 is 9.84 Å². The Morgan fingerprint density at radius 2 is 0.694 bits per heavy atom. The Morgan fingerprint density at radius 1 is 0.417 bits per heavy atom. The van der Waals surface area contributed by atoms with Gasteiger partial charge in [0.25, 0.3) is 0 Å². The lowest BCUT2D eigenvalue weighted by molar-refractivity contribution is 0.0619. The van der Waals surface area contributed by atoms with Gasteiger partial charge in [0.1, 0.15) is 0 Å². The molecule has 0 amide bonds. The molecule has 0 aromatic rings. The lowest BCUT2D eigenvalue weighted by Gasteiger charge is -2.17. The number of rotatable bonds is 32. The first-order chi connectivity index (χ1) is 17.8. The fourth-order valence-corrected chi connectivity index (χ4v) is 5.53. The van der Waals surface area contributed by atoms with Gasteiger partial charge in [-0.05, 0) is 18.8 Å². The maximum Gasteiger partial charge on any atom is 0.0697 e. The van der Waals surface area contributed by atoms with Gasteiger partial charge in [0.2, 0.25) is 0 Å². The number of hydrogen-bond donors (Lipinski definition) is 1. The third kappa shape index (κ3) is 30.1. The van der Waals surface area contributed by atoms with Crippen LogP contribution in [0.4, 0.5) is 0 Å². The first-order valence-electron chi connectivity index (χ1n) is 17.0. The maximum absolute atomic E-state index is 9.05. The average Bonchev–Trinajstić information content (AvgIpc) is 2.89. The second-order valence-corrected chi connectivity index (χ2v) is 11.7. The number of aliphatic hydroxyl groups is 1. The van der Waals surface area contributed by atoms with Gasteiger partial charge >= 0.3 is 0 Å². The molecule has 0 aliphatic carbocycles. The van der Waals surface area contributed by atoms with E-state index in [1.54, 1.807) is 0 Å². The third-order valence-corrected chi connectivity index (χ3v) is 8.02. The van der Waals surface area contributed by atoms with E-state index in [2.05, 4.69) is 13.8 Å². The second-order valence-electron chi connectivity index (χ2n) is 11.7. The largest absolute Gasteiger partial charge is 0.394 e. The van der Waals surface area contributed by atoms with E-state index in [1.807, 2.05) is 0 Å². The molecule has 0 aromatic heterocycles. The zero-order valence-corrected chi connectivity index (χ0v) is 25.4. The SMILES string of the molecule is CCCCCCCCCCCCCCCCC(CCCCCCCCCCCCCC)COCCO. The zero-order chi connectivity index (χ0) is 26.2. The highest BCUT2D eigenvalue weighted by molar-refractivity contribution is 4.61. The van der Waals surface area contributed by atoms with Gasteiger partial charge in [-0.15, -0.1) is 0 Å². The monoisotopic (exact) mass is 511 g/mol. The van der Waals surface area contributed by atoms with Gasteiger partial charge in [0, 0.05) is 6.61 Å². The molecule has 1 N–H and O–H groups in total. The summed E-state index contributed by atoms with van der Waals surface area (Å²) in [6, 6.07) is 0. The fraction of sp³-hybridized carbons (Fsp3) is 1.00. The second kappa shape index (κ2) is 32.9. The van der Waals surface area contributed by atoms with Crippen LogP contribution in [0.25, 0.3) is 0 Å². The summed E-state index contributed by atoms with van der Waals surface area (Å²) in [6.45, 7) is 6.12. The highest BCUT2D eigenvalue weighted by atomic mass is 16.5. The normalized spacial score (nSPS) is 12.4. The minimum Gasteiger partial charge on any atom is -0.394 e. The molecule has 0 aliphatic heterocycles. The van der Waals surface area contributed by atoms with Crippen molar-refractivity contribution in [2.24, 2.45) is 5.92 Å². The molecule has 36 heavy (non-hydrogen) atoms. The molecule has 2 nitrogen and oxygen atoms in total. The van der Waals surface area contributed by atoms with Crippen LogP contribution >= 0.6 is 0 Å². The number of hydrogen-bond acceptors (Lipinski definition) is 2. The van der Waals surface area contributed by atoms with Crippen LogP contribution in [0.5, 0.6) is 0 Å². The van der Waals surface area contributed by atoms with Crippen molar-refractivity contribution < 1.29 is 9.84 Å². The summed E-state index contributed by atoms with van der Waals surface area (Å²) in [5, 5.41) is 9.05. The van der Waals surface area contributed by atoms with E-state index in [0.29, 0.717) is 12.5 Å². The van der Waals surface area contributed by atoms with E-state index >= 15 is 0 Å². The molecule has 0 aromatic carbocycles. The molecule has 0 spiro atoms. The summed E-state index contributed by atoms with van der Waals surface area (Å²) in [5.74, 6) is 0.706. The van der Waals surface area contributed by atoms with Crippen molar-refractivity contribution in [3.05, 3.63) is 0 Å². The van der Waals surface area contributed by atoms with Crippen molar-refractivity contribution in [3.8, 4) is 0 Å². The highest BCUT2D eigenvalue weighted by Gasteiger charge is 2.09. The molecule has 0 bridgehead atoms. The Kier molecular flexibility index (Phi) is 32.9. The standard InChI is InChI=1S/C34H70O2/c1-3-5-7-9-11-13-15-17-18-20-22-24-26-28-30-34(33-36-32-31-35)29-27-25-23-21-19-16-14-12-10-8-6-4-2/h34-35H,3-33H2,1-2H3. The molecule has 0 fully saturated rings. The molecule has 1 atom stereocenters. The van der Waals surface area contributed by atoms with E-state index in [1.165, 1.54) is 180 Å². The lowest BCUT2D eigenvalue weighted by Crippen LogP contribution is -2.12. The van der Waals surface area contributed by atoms with E-state index in [4.69, 9.17) is 9.84 Å². The van der Waals surface area contributed by atoms with E-state index in [0.717, 1.165) is 6.61 Å². The fourth-order valence-electron chi connectivity index (χ4n) is 5.53. The predicted octanol–water partition coefficient (Wildman–Crippen LogP) is 11.6. The number of ether oxygens (including phenoxy) is 1.